The molecule has 0 unspecified atom stereocenters. The first-order valence-corrected chi connectivity index (χ1v) is 8.10. The Morgan fingerprint density at radius 1 is 1.29 bits per heavy atom. The number of carbonyl (C=O) groups is 1. The van der Waals surface area contributed by atoms with Crippen LogP contribution in [0, 0.1) is 0 Å². The number of amides is 1. The van der Waals surface area contributed by atoms with Crippen molar-refractivity contribution in [3.63, 3.8) is 0 Å². The molecule has 1 aromatic heterocycles. The lowest BCUT2D eigenvalue weighted by Crippen LogP contribution is -2.14. The van der Waals surface area contributed by atoms with Gasteiger partial charge in [-0.25, -0.2) is 0 Å². The van der Waals surface area contributed by atoms with Gasteiger partial charge in [0, 0.05) is 30.5 Å². The zero-order valence-electron chi connectivity index (χ0n) is 15.1. The summed E-state index contributed by atoms with van der Waals surface area (Å²) in [4.78, 5) is 18.5. The number of nitrogens with zero attached hydrogens (tertiary/aromatic N) is 3. The van der Waals surface area contributed by atoms with Crippen molar-refractivity contribution < 1.29 is 9.32 Å². The predicted molar refractivity (Wildman–Crippen MR) is 93.8 cm³/mol. The third-order valence-corrected chi connectivity index (χ3v) is 3.41. The van der Waals surface area contributed by atoms with Gasteiger partial charge in [0.25, 0.3) is 0 Å². The second-order valence-corrected chi connectivity index (χ2v) is 7.25. The molecule has 0 bridgehead atoms. The summed E-state index contributed by atoms with van der Waals surface area (Å²) in [6.07, 6.45) is 0.746. The summed E-state index contributed by atoms with van der Waals surface area (Å²) in [5, 5.41) is 6.88. The van der Waals surface area contributed by atoms with Crippen LogP contribution in [-0.2, 0) is 23.2 Å². The fraction of sp³-hybridized carbons (Fsp3) is 0.500. The topological polar surface area (TPSA) is 71.3 Å². The first-order valence-electron chi connectivity index (χ1n) is 8.10. The Morgan fingerprint density at radius 2 is 2.04 bits per heavy atom. The van der Waals surface area contributed by atoms with E-state index in [1.807, 2.05) is 59.1 Å². The molecule has 0 aliphatic heterocycles. The Morgan fingerprint density at radius 3 is 2.67 bits per heavy atom. The minimum Gasteiger partial charge on any atom is -0.339 e. The van der Waals surface area contributed by atoms with Crippen molar-refractivity contribution in [3.8, 4) is 0 Å². The van der Waals surface area contributed by atoms with Crippen LogP contribution in [0.15, 0.2) is 28.8 Å². The molecule has 1 amide bonds. The minimum absolute atomic E-state index is 0.0625. The maximum absolute atomic E-state index is 12.1. The molecule has 0 spiro atoms. The van der Waals surface area contributed by atoms with Gasteiger partial charge in [-0.3, -0.25) is 4.79 Å². The monoisotopic (exact) mass is 330 g/mol. The van der Waals surface area contributed by atoms with Crippen LogP contribution >= 0.6 is 0 Å². The van der Waals surface area contributed by atoms with E-state index in [0.717, 1.165) is 17.8 Å². The number of nitrogens with one attached hydrogen (secondary N) is 1. The van der Waals surface area contributed by atoms with Crippen molar-refractivity contribution in [3.05, 3.63) is 41.5 Å². The van der Waals surface area contributed by atoms with Gasteiger partial charge in [0.1, 0.15) is 0 Å². The number of hydrogen-bond acceptors (Lipinski definition) is 5. The standard InChI is InChI=1S/C18H26N4O2/c1-18(2,3)17-20-16(24-21-17)10-9-15(23)19-14-8-6-7-13(11-14)12-22(4)5/h6-8,11H,9-10,12H2,1-5H3,(H,19,23). The Balaban J connectivity index is 1.88. The summed E-state index contributed by atoms with van der Waals surface area (Å²) in [7, 11) is 4.03. The van der Waals surface area contributed by atoms with E-state index in [4.69, 9.17) is 4.52 Å². The minimum atomic E-state index is -0.156. The summed E-state index contributed by atoms with van der Waals surface area (Å²) in [5.74, 6) is 1.10. The molecule has 0 radical (unpaired) electrons. The maximum atomic E-state index is 12.1. The molecular weight excluding hydrogens is 304 g/mol. The van der Waals surface area contributed by atoms with Crippen LogP contribution in [0.25, 0.3) is 0 Å². The van der Waals surface area contributed by atoms with Crippen molar-refractivity contribution >= 4 is 11.6 Å². The molecule has 0 aliphatic rings. The predicted octanol–water partition coefficient (Wildman–Crippen LogP) is 3.00. The zero-order valence-corrected chi connectivity index (χ0v) is 15.1. The fourth-order valence-corrected chi connectivity index (χ4v) is 2.22. The van der Waals surface area contributed by atoms with Crippen LogP contribution in [0.4, 0.5) is 5.69 Å². The van der Waals surface area contributed by atoms with Gasteiger partial charge < -0.3 is 14.7 Å². The van der Waals surface area contributed by atoms with E-state index < -0.39 is 0 Å². The molecule has 2 aromatic rings. The Kier molecular flexibility index (Phi) is 5.72. The van der Waals surface area contributed by atoms with Gasteiger partial charge in [-0.1, -0.05) is 38.1 Å². The number of rotatable bonds is 6. The van der Waals surface area contributed by atoms with Crippen LogP contribution in [0.5, 0.6) is 0 Å². The first kappa shape index (κ1) is 18.1. The van der Waals surface area contributed by atoms with Gasteiger partial charge >= 0.3 is 0 Å². The maximum Gasteiger partial charge on any atom is 0.227 e. The summed E-state index contributed by atoms with van der Waals surface area (Å²) in [6, 6.07) is 7.87. The van der Waals surface area contributed by atoms with Crippen molar-refractivity contribution in [2.24, 2.45) is 0 Å². The van der Waals surface area contributed by atoms with Gasteiger partial charge in [0.2, 0.25) is 11.8 Å². The van der Waals surface area contributed by atoms with E-state index in [2.05, 4.69) is 20.4 Å². The van der Waals surface area contributed by atoms with Crippen molar-refractivity contribution in [1.82, 2.24) is 15.0 Å². The highest BCUT2D eigenvalue weighted by Crippen LogP contribution is 2.19. The summed E-state index contributed by atoms with van der Waals surface area (Å²) >= 11 is 0. The molecule has 0 atom stereocenters. The molecule has 0 saturated heterocycles. The number of hydrogen-bond donors (Lipinski definition) is 1. The number of aromatic nitrogens is 2. The average molecular weight is 330 g/mol. The van der Waals surface area contributed by atoms with E-state index in [9.17, 15) is 4.79 Å². The van der Waals surface area contributed by atoms with E-state index >= 15 is 0 Å². The zero-order chi connectivity index (χ0) is 17.7. The Bertz CT molecular complexity index is 686. The molecule has 0 aliphatic carbocycles. The molecule has 2 rings (SSSR count). The molecular formula is C18H26N4O2. The van der Waals surface area contributed by atoms with Crippen LogP contribution in [0.3, 0.4) is 0 Å². The average Bonchev–Trinajstić information content (AvgIpc) is 2.94. The molecule has 6 nitrogen and oxygen atoms in total. The van der Waals surface area contributed by atoms with Gasteiger partial charge in [0.15, 0.2) is 5.82 Å². The highest BCUT2D eigenvalue weighted by atomic mass is 16.5. The van der Waals surface area contributed by atoms with Crippen molar-refractivity contribution in [2.45, 2.75) is 45.6 Å². The van der Waals surface area contributed by atoms with Gasteiger partial charge in [-0.2, -0.15) is 4.98 Å². The summed E-state index contributed by atoms with van der Waals surface area (Å²) in [6.45, 7) is 6.90. The van der Waals surface area contributed by atoms with Crippen LogP contribution in [-0.4, -0.2) is 35.0 Å². The first-order chi connectivity index (χ1) is 11.2. The van der Waals surface area contributed by atoms with E-state index in [-0.39, 0.29) is 11.3 Å². The van der Waals surface area contributed by atoms with E-state index in [0.29, 0.717) is 24.6 Å². The number of benzene rings is 1. The van der Waals surface area contributed by atoms with Gasteiger partial charge in [-0.05, 0) is 31.8 Å². The Hall–Kier alpha value is -2.21. The molecule has 1 aromatic carbocycles. The lowest BCUT2D eigenvalue weighted by Gasteiger charge is -2.11. The quantitative estimate of drug-likeness (QED) is 0.881. The lowest BCUT2D eigenvalue weighted by molar-refractivity contribution is -0.116. The number of carbonyl (C=O) groups excluding carboxylic acids is 1. The van der Waals surface area contributed by atoms with Crippen LogP contribution in [0.1, 0.15) is 44.5 Å². The third-order valence-electron chi connectivity index (χ3n) is 3.41. The Labute approximate surface area is 143 Å². The van der Waals surface area contributed by atoms with E-state index in [1.165, 1.54) is 0 Å². The van der Waals surface area contributed by atoms with E-state index in [1.54, 1.807) is 0 Å². The molecule has 1 N–H and O–H groups in total. The van der Waals surface area contributed by atoms with Gasteiger partial charge in [0.05, 0.1) is 0 Å². The highest BCUT2D eigenvalue weighted by Gasteiger charge is 2.21. The molecule has 24 heavy (non-hydrogen) atoms. The van der Waals surface area contributed by atoms with Crippen molar-refractivity contribution in [2.75, 3.05) is 19.4 Å². The molecule has 0 fully saturated rings. The van der Waals surface area contributed by atoms with Gasteiger partial charge in [-0.15, -0.1) is 0 Å². The van der Waals surface area contributed by atoms with Crippen molar-refractivity contribution in [1.29, 1.82) is 0 Å². The number of aryl methyl sites for hydroxylation is 1. The van der Waals surface area contributed by atoms with Crippen LogP contribution in [0.2, 0.25) is 0 Å². The molecule has 0 saturated carbocycles. The molecule has 130 valence electrons. The fourth-order valence-electron chi connectivity index (χ4n) is 2.22. The summed E-state index contributed by atoms with van der Waals surface area (Å²) in [5.41, 5.74) is 1.81. The largest absolute Gasteiger partial charge is 0.339 e. The smallest absolute Gasteiger partial charge is 0.227 e. The van der Waals surface area contributed by atoms with Crippen LogP contribution < -0.4 is 5.32 Å². The second kappa shape index (κ2) is 7.57. The number of anilines is 1. The normalized spacial score (nSPS) is 11.8. The lowest BCUT2D eigenvalue weighted by atomic mass is 9.96. The molecule has 6 heteroatoms. The molecule has 1 heterocycles. The third kappa shape index (κ3) is 5.45. The second-order valence-electron chi connectivity index (χ2n) is 7.25. The highest BCUT2D eigenvalue weighted by molar-refractivity contribution is 5.90. The summed E-state index contributed by atoms with van der Waals surface area (Å²) < 4.78 is 5.21. The SMILES string of the molecule is CN(C)Cc1cccc(NC(=O)CCc2nc(C(C)(C)C)no2)c1.